The van der Waals surface area contributed by atoms with Crippen molar-refractivity contribution >= 4 is 21.7 Å². The highest BCUT2D eigenvalue weighted by Crippen LogP contribution is 2.08. The molecule has 2 rings (SSSR count). The van der Waals surface area contributed by atoms with Crippen molar-refractivity contribution in [2.45, 2.75) is 6.54 Å². The van der Waals surface area contributed by atoms with E-state index in [0.717, 1.165) is 4.47 Å². The van der Waals surface area contributed by atoms with Crippen LogP contribution in [0.5, 0.6) is 0 Å². The van der Waals surface area contributed by atoms with E-state index in [0.29, 0.717) is 5.69 Å². The maximum Gasteiger partial charge on any atom is 0.202 e. The van der Waals surface area contributed by atoms with Crippen molar-refractivity contribution in [1.29, 1.82) is 0 Å². The third-order valence-corrected chi connectivity index (χ3v) is 2.25. The number of nitrogens with zero attached hydrogens (tertiary/aromatic N) is 4. The van der Waals surface area contributed by atoms with Gasteiger partial charge in [-0.2, -0.15) is 5.10 Å². The zero-order valence-electron chi connectivity index (χ0n) is 7.67. The van der Waals surface area contributed by atoms with E-state index in [1.807, 2.05) is 0 Å². The van der Waals surface area contributed by atoms with Gasteiger partial charge in [0.1, 0.15) is 24.9 Å². The highest BCUT2D eigenvalue weighted by atomic mass is 79.9. The summed E-state index contributed by atoms with van der Waals surface area (Å²) in [6.45, 7) is 0.161. The number of pyridine rings is 1. The minimum Gasteiger partial charge on any atom is -0.290 e. The van der Waals surface area contributed by atoms with Gasteiger partial charge >= 0.3 is 0 Å². The van der Waals surface area contributed by atoms with E-state index in [9.17, 15) is 4.79 Å². The van der Waals surface area contributed by atoms with Crippen LogP contribution >= 0.6 is 15.9 Å². The van der Waals surface area contributed by atoms with Crippen molar-refractivity contribution in [3.05, 3.63) is 41.2 Å². The highest BCUT2D eigenvalue weighted by molar-refractivity contribution is 9.10. The molecule has 0 aliphatic rings. The van der Waals surface area contributed by atoms with Crippen molar-refractivity contribution in [2.24, 2.45) is 0 Å². The van der Waals surface area contributed by atoms with Gasteiger partial charge in [-0.1, -0.05) is 0 Å². The molecule has 0 unspecified atom stereocenters. The van der Waals surface area contributed by atoms with Crippen LogP contribution in [0.4, 0.5) is 0 Å². The Morgan fingerprint density at radius 2 is 2.33 bits per heavy atom. The molecule has 0 radical (unpaired) electrons. The largest absolute Gasteiger partial charge is 0.290 e. The van der Waals surface area contributed by atoms with E-state index in [4.69, 9.17) is 0 Å². The Bertz CT molecular complexity index is 451. The maximum atomic E-state index is 11.7. The Labute approximate surface area is 94.3 Å². The van der Waals surface area contributed by atoms with Crippen molar-refractivity contribution in [2.75, 3.05) is 0 Å². The zero-order chi connectivity index (χ0) is 10.7. The van der Waals surface area contributed by atoms with E-state index in [-0.39, 0.29) is 12.3 Å². The van der Waals surface area contributed by atoms with Gasteiger partial charge in [-0.15, -0.1) is 0 Å². The zero-order valence-corrected chi connectivity index (χ0v) is 9.25. The molecule has 0 N–H and O–H groups in total. The molecule has 0 atom stereocenters. The monoisotopic (exact) mass is 266 g/mol. The van der Waals surface area contributed by atoms with E-state index in [2.05, 4.69) is 31.0 Å². The average Bonchev–Trinajstić information content (AvgIpc) is 2.71. The fraction of sp³-hybridized carbons (Fsp3) is 0.111. The van der Waals surface area contributed by atoms with Crippen LogP contribution in [0, 0.1) is 0 Å². The summed E-state index contributed by atoms with van der Waals surface area (Å²) in [6.07, 6.45) is 4.48. The number of aromatic nitrogens is 4. The first-order valence-corrected chi connectivity index (χ1v) is 5.02. The van der Waals surface area contributed by atoms with Crippen molar-refractivity contribution < 1.29 is 4.79 Å². The van der Waals surface area contributed by atoms with Crippen LogP contribution in [0.3, 0.4) is 0 Å². The fourth-order valence-electron chi connectivity index (χ4n) is 1.08. The lowest BCUT2D eigenvalue weighted by atomic mass is 10.2. The second-order valence-corrected chi connectivity index (χ2v) is 3.79. The van der Waals surface area contributed by atoms with E-state index >= 15 is 0 Å². The number of Topliss-reactive ketones (excluding diaryl/α,β-unsaturated/α-hetero) is 1. The van der Waals surface area contributed by atoms with Crippen LogP contribution in [0.15, 0.2) is 35.5 Å². The van der Waals surface area contributed by atoms with Crippen LogP contribution in [0.25, 0.3) is 0 Å². The molecule has 0 amide bonds. The van der Waals surface area contributed by atoms with E-state index in [1.54, 1.807) is 18.3 Å². The summed E-state index contributed by atoms with van der Waals surface area (Å²) >= 11 is 3.25. The number of ketones is 1. The molecule has 0 aliphatic heterocycles. The second-order valence-electron chi connectivity index (χ2n) is 2.88. The number of carbonyl (C=O) groups is 1. The van der Waals surface area contributed by atoms with Gasteiger partial charge in [0.25, 0.3) is 0 Å². The summed E-state index contributed by atoms with van der Waals surface area (Å²) < 4.78 is 2.31. The highest BCUT2D eigenvalue weighted by Gasteiger charge is 2.07. The number of hydrogen-bond donors (Lipinski definition) is 0. The second kappa shape index (κ2) is 4.31. The first-order valence-electron chi connectivity index (χ1n) is 4.23. The molecule has 0 fully saturated rings. The van der Waals surface area contributed by atoms with Crippen LogP contribution in [0.2, 0.25) is 0 Å². The average molecular weight is 267 g/mol. The Kier molecular flexibility index (Phi) is 2.86. The normalized spacial score (nSPS) is 10.2. The van der Waals surface area contributed by atoms with Crippen molar-refractivity contribution in [3.63, 3.8) is 0 Å². The van der Waals surface area contributed by atoms with Gasteiger partial charge in [0.05, 0.1) is 0 Å². The van der Waals surface area contributed by atoms with E-state index < -0.39 is 0 Å². The summed E-state index contributed by atoms with van der Waals surface area (Å²) in [6, 6.07) is 3.45. The van der Waals surface area contributed by atoms with Gasteiger partial charge in [-0.3, -0.25) is 9.78 Å². The Balaban J connectivity index is 2.11. The summed E-state index contributed by atoms with van der Waals surface area (Å²) in [5, 5.41) is 3.85. The molecule has 76 valence electrons. The molecule has 6 heteroatoms. The molecule has 2 aromatic heterocycles. The summed E-state index contributed by atoms with van der Waals surface area (Å²) in [7, 11) is 0. The van der Waals surface area contributed by atoms with Crippen LogP contribution in [0.1, 0.15) is 10.5 Å². The predicted octanol–water partition coefficient (Wildman–Crippen LogP) is 1.32. The van der Waals surface area contributed by atoms with E-state index in [1.165, 1.54) is 17.3 Å². The Morgan fingerprint density at radius 3 is 2.93 bits per heavy atom. The molecular weight excluding hydrogens is 260 g/mol. The molecule has 5 nitrogen and oxygen atoms in total. The predicted molar refractivity (Wildman–Crippen MR) is 56.3 cm³/mol. The lowest BCUT2D eigenvalue weighted by Crippen LogP contribution is -2.12. The fourth-order valence-corrected chi connectivity index (χ4v) is 1.32. The first-order chi connectivity index (χ1) is 7.25. The molecule has 0 bridgehead atoms. The van der Waals surface area contributed by atoms with Crippen LogP contribution in [-0.4, -0.2) is 25.5 Å². The van der Waals surface area contributed by atoms with Gasteiger partial charge in [0.15, 0.2) is 0 Å². The summed E-state index contributed by atoms with van der Waals surface area (Å²) in [5.41, 5.74) is 0.425. The molecule has 2 heterocycles. The van der Waals surface area contributed by atoms with Gasteiger partial charge < -0.3 is 0 Å². The molecule has 15 heavy (non-hydrogen) atoms. The molecule has 2 aromatic rings. The number of hydrogen-bond acceptors (Lipinski definition) is 4. The third kappa shape index (κ3) is 2.47. The quantitative estimate of drug-likeness (QED) is 0.787. The lowest BCUT2D eigenvalue weighted by Gasteiger charge is -1.99. The number of halogens is 1. The summed E-state index contributed by atoms with van der Waals surface area (Å²) in [4.78, 5) is 19.4. The standard InChI is InChI=1S/C9H7BrN4O/c10-7-1-2-8(12-3-7)9(15)4-14-6-11-5-13-14/h1-3,5-6H,4H2. The van der Waals surface area contributed by atoms with Crippen LogP contribution < -0.4 is 0 Å². The van der Waals surface area contributed by atoms with Crippen LogP contribution in [-0.2, 0) is 6.54 Å². The SMILES string of the molecule is O=C(Cn1cncn1)c1ccc(Br)cn1. The topological polar surface area (TPSA) is 60.7 Å². The minimum absolute atomic E-state index is 0.0898. The van der Waals surface area contributed by atoms with Crippen molar-refractivity contribution in [3.8, 4) is 0 Å². The Morgan fingerprint density at radius 1 is 1.47 bits per heavy atom. The molecule has 0 aliphatic carbocycles. The number of rotatable bonds is 3. The molecule has 0 saturated heterocycles. The molecule has 0 saturated carbocycles. The Hall–Kier alpha value is -1.56. The lowest BCUT2D eigenvalue weighted by molar-refractivity contribution is 0.0962. The van der Waals surface area contributed by atoms with Crippen molar-refractivity contribution in [1.82, 2.24) is 19.7 Å². The summed E-state index contributed by atoms with van der Waals surface area (Å²) in [5.74, 6) is -0.0898. The third-order valence-electron chi connectivity index (χ3n) is 1.79. The van der Waals surface area contributed by atoms with Gasteiger partial charge in [-0.05, 0) is 28.1 Å². The smallest absolute Gasteiger partial charge is 0.202 e. The van der Waals surface area contributed by atoms with Gasteiger partial charge in [-0.25, -0.2) is 9.67 Å². The van der Waals surface area contributed by atoms with Gasteiger partial charge in [0, 0.05) is 10.7 Å². The number of carbonyl (C=O) groups excluding carboxylic acids is 1. The van der Waals surface area contributed by atoms with Gasteiger partial charge in [0.2, 0.25) is 5.78 Å². The first kappa shape index (κ1) is 9.97. The molecule has 0 aromatic carbocycles. The minimum atomic E-state index is -0.0898. The molecular formula is C9H7BrN4O. The maximum absolute atomic E-state index is 11.7. The molecule has 0 spiro atoms.